The van der Waals surface area contributed by atoms with Gasteiger partial charge in [0, 0.05) is 23.6 Å². The van der Waals surface area contributed by atoms with Crippen molar-refractivity contribution in [3.05, 3.63) is 0 Å². The van der Waals surface area contributed by atoms with Crippen LogP contribution in [-0.4, -0.2) is 51.6 Å². The van der Waals surface area contributed by atoms with Gasteiger partial charge in [0.25, 0.3) is 0 Å². The van der Waals surface area contributed by atoms with Gasteiger partial charge in [-0.15, -0.1) is 0 Å². The number of urea groups is 1. The lowest BCUT2D eigenvalue weighted by Crippen LogP contribution is -2.58. The third-order valence-electron chi connectivity index (χ3n) is 4.04. The van der Waals surface area contributed by atoms with Gasteiger partial charge >= 0.3 is 12.0 Å². The summed E-state index contributed by atoms with van der Waals surface area (Å²) in [5.41, 5.74) is -0.164. The number of nitrogens with one attached hydrogen (secondary N) is 1. The van der Waals surface area contributed by atoms with E-state index in [1.54, 1.807) is 11.8 Å². The van der Waals surface area contributed by atoms with Gasteiger partial charge in [-0.3, -0.25) is 0 Å². The second-order valence-corrected chi connectivity index (χ2v) is 6.82. The van der Waals surface area contributed by atoms with E-state index in [1.165, 1.54) is 11.3 Å². The molecular weight excluding hydrogens is 264 g/mol. The van der Waals surface area contributed by atoms with Gasteiger partial charge in [0.1, 0.15) is 6.04 Å². The molecule has 6 heteroatoms. The highest BCUT2D eigenvalue weighted by Crippen LogP contribution is 2.28. The van der Waals surface area contributed by atoms with Gasteiger partial charge in [-0.1, -0.05) is 19.3 Å². The third kappa shape index (κ3) is 3.55. The largest absolute Gasteiger partial charge is 0.480 e. The van der Waals surface area contributed by atoms with Crippen molar-refractivity contribution in [1.82, 2.24) is 10.2 Å². The molecule has 0 spiro atoms. The summed E-state index contributed by atoms with van der Waals surface area (Å²) in [6.45, 7) is 2.59. The summed E-state index contributed by atoms with van der Waals surface area (Å²) in [6, 6.07) is -0.900. The van der Waals surface area contributed by atoms with Gasteiger partial charge < -0.3 is 15.3 Å². The number of hydrogen-bond acceptors (Lipinski definition) is 3. The average Bonchev–Trinajstić information content (AvgIpc) is 2.39. The van der Waals surface area contributed by atoms with E-state index in [-0.39, 0.29) is 11.6 Å². The molecule has 1 atom stereocenters. The van der Waals surface area contributed by atoms with Crippen LogP contribution < -0.4 is 5.32 Å². The molecule has 1 aliphatic carbocycles. The first-order chi connectivity index (χ1) is 9.02. The Morgan fingerprint density at radius 1 is 1.32 bits per heavy atom. The van der Waals surface area contributed by atoms with E-state index in [4.69, 9.17) is 0 Å². The Hall–Kier alpha value is -0.910. The number of thioether (sulfide) groups is 1. The van der Waals surface area contributed by atoms with Crippen LogP contribution in [0.25, 0.3) is 0 Å². The number of rotatable bonds is 2. The van der Waals surface area contributed by atoms with Crippen LogP contribution in [-0.2, 0) is 4.79 Å². The minimum Gasteiger partial charge on any atom is -0.480 e. The maximum atomic E-state index is 12.3. The van der Waals surface area contributed by atoms with E-state index < -0.39 is 12.0 Å². The summed E-state index contributed by atoms with van der Waals surface area (Å²) >= 11 is 1.60. The molecule has 1 aliphatic heterocycles. The molecule has 1 saturated carbocycles. The molecule has 2 aliphatic rings. The molecule has 2 N–H and O–H groups in total. The second kappa shape index (κ2) is 6.03. The van der Waals surface area contributed by atoms with Crippen LogP contribution in [0.5, 0.6) is 0 Å². The van der Waals surface area contributed by atoms with Crippen LogP contribution in [0.1, 0.15) is 39.0 Å². The minimum absolute atomic E-state index is 0.164. The van der Waals surface area contributed by atoms with E-state index in [9.17, 15) is 14.7 Å². The topological polar surface area (TPSA) is 69.6 Å². The van der Waals surface area contributed by atoms with Crippen LogP contribution in [0.15, 0.2) is 0 Å². The molecule has 0 aromatic rings. The molecule has 1 saturated heterocycles. The van der Waals surface area contributed by atoms with Crippen LogP contribution in [0.4, 0.5) is 4.79 Å². The van der Waals surface area contributed by atoms with Crippen molar-refractivity contribution in [1.29, 1.82) is 0 Å². The number of aliphatic carboxylic acids is 1. The van der Waals surface area contributed by atoms with Crippen molar-refractivity contribution in [2.45, 2.75) is 50.6 Å². The van der Waals surface area contributed by atoms with Gasteiger partial charge in [0.2, 0.25) is 0 Å². The highest BCUT2D eigenvalue weighted by atomic mass is 32.2. The lowest BCUT2D eigenvalue weighted by atomic mass is 9.83. The van der Waals surface area contributed by atoms with Crippen molar-refractivity contribution >= 4 is 23.8 Å². The summed E-state index contributed by atoms with van der Waals surface area (Å²) in [5.74, 6) is 0.393. The van der Waals surface area contributed by atoms with Gasteiger partial charge in [-0.2, -0.15) is 11.8 Å². The van der Waals surface area contributed by atoms with Crippen molar-refractivity contribution < 1.29 is 14.7 Å². The fourth-order valence-electron chi connectivity index (χ4n) is 2.84. The van der Waals surface area contributed by atoms with Gasteiger partial charge in [-0.25, -0.2) is 9.59 Å². The number of nitrogens with zero attached hydrogens (tertiary/aromatic N) is 1. The SMILES string of the molecule is CC1(NC(=O)N2CCSCC2C(=O)O)CCCCC1. The molecule has 2 amide bonds. The average molecular weight is 286 g/mol. The van der Waals surface area contributed by atoms with Crippen LogP contribution in [0.2, 0.25) is 0 Å². The normalized spacial score (nSPS) is 26.8. The zero-order valence-electron chi connectivity index (χ0n) is 11.4. The predicted molar refractivity (Wildman–Crippen MR) is 75.5 cm³/mol. The molecule has 1 heterocycles. The number of hydrogen-bond donors (Lipinski definition) is 2. The molecule has 5 nitrogen and oxygen atoms in total. The molecule has 2 fully saturated rings. The molecule has 108 valence electrons. The predicted octanol–water partition coefficient (Wildman–Crippen LogP) is 1.92. The first-order valence-corrected chi connectivity index (χ1v) is 8.07. The van der Waals surface area contributed by atoms with Crippen molar-refractivity contribution in [2.75, 3.05) is 18.1 Å². The Morgan fingerprint density at radius 2 is 2.00 bits per heavy atom. The number of carbonyl (C=O) groups excluding carboxylic acids is 1. The Bertz CT molecular complexity index is 356. The van der Waals surface area contributed by atoms with Gasteiger partial charge in [-0.05, 0) is 19.8 Å². The Morgan fingerprint density at radius 3 is 2.63 bits per heavy atom. The Balaban J connectivity index is 1.99. The summed E-state index contributed by atoms with van der Waals surface area (Å²) in [6.07, 6.45) is 5.46. The van der Waals surface area contributed by atoms with E-state index in [0.717, 1.165) is 31.4 Å². The maximum absolute atomic E-state index is 12.3. The second-order valence-electron chi connectivity index (χ2n) is 5.67. The van der Waals surface area contributed by atoms with E-state index >= 15 is 0 Å². The van der Waals surface area contributed by atoms with Crippen molar-refractivity contribution in [3.63, 3.8) is 0 Å². The smallest absolute Gasteiger partial charge is 0.327 e. The van der Waals surface area contributed by atoms with Crippen LogP contribution in [0, 0.1) is 0 Å². The van der Waals surface area contributed by atoms with E-state index in [0.29, 0.717) is 12.3 Å². The quantitative estimate of drug-likeness (QED) is 0.813. The molecule has 2 rings (SSSR count). The highest BCUT2D eigenvalue weighted by molar-refractivity contribution is 7.99. The zero-order valence-corrected chi connectivity index (χ0v) is 12.2. The minimum atomic E-state index is -0.906. The third-order valence-corrected chi connectivity index (χ3v) is 5.06. The maximum Gasteiger partial charge on any atom is 0.327 e. The molecule has 0 aromatic heterocycles. The summed E-state index contributed by atoms with van der Waals surface area (Å²) in [5, 5.41) is 12.3. The molecule has 0 aromatic carbocycles. The van der Waals surface area contributed by atoms with Crippen LogP contribution >= 0.6 is 11.8 Å². The number of carboxylic acid groups (broad SMARTS) is 1. The molecule has 19 heavy (non-hydrogen) atoms. The Kier molecular flexibility index (Phi) is 4.60. The van der Waals surface area contributed by atoms with E-state index in [1.807, 2.05) is 0 Å². The van der Waals surface area contributed by atoms with Crippen molar-refractivity contribution in [3.8, 4) is 0 Å². The molecular formula is C13H22N2O3S. The zero-order chi connectivity index (χ0) is 13.9. The number of carbonyl (C=O) groups is 2. The number of amides is 2. The lowest BCUT2D eigenvalue weighted by molar-refractivity contribution is -0.141. The first kappa shape index (κ1) is 14.5. The fourth-order valence-corrected chi connectivity index (χ4v) is 3.88. The van der Waals surface area contributed by atoms with Crippen molar-refractivity contribution in [2.24, 2.45) is 0 Å². The van der Waals surface area contributed by atoms with E-state index in [2.05, 4.69) is 12.2 Å². The number of carboxylic acids is 1. The highest BCUT2D eigenvalue weighted by Gasteiger charge is 2.36. The summed E-state index contributed by atoms with van der Waals surface area (Å²) in [7, 11) is 0. The monoisotopic (exact) mass is 286 g/mol. The van der Waals surface area contributed by atoms with Gasteiger partial charge in [0.15, 0.2) is 0 Å². The molecule has 1 unspecified atom stereocenters. The standard InChI is InChI=1S/C13H22N2O3S/c1-13(5-3-2-4-6-13)14-12(18)15-7-8-19-9-10(15)11(16)17/h10H,2-9H2,1H3,(H,14,18)(H,16,17). The fraction of sp³-hybridized carbons (Fsp3) is 0.846. The van der Waals surface area contributed by atoms with Crippen LogP contribution in [0.3, 0.4) is 0 Å². The molecule has 0 radical (unpaired) electrons. The first-order valence-electron chi connectivity index (χ1n) is 6.91. The Labute approximate surface area is 118 Å². The lowest BCUT2D eigenvalue weighted by Gasteiger charge is -2.39. The summed E-state index contributed by atoms with van der Waals surface area (Å²) in [4.78, 5) is 25.0. The van der Waals surface area contributed by atoms with Gasteiger partial charge in [0.05, 0.1) is 0 Å². The molecule has 0 bridgehead atoms. The summed E-state index contributed by atoms with van der Waals surface area (Å²) < 4.78 is 0.